The summed E-state index contributed by atoms with van der Waals surface area (Å²) in [6.07, 6.45) is 5.04. The third-order valence-corrected chi connectivity index (χ3v) is 4.25. The molecule has 0 saturated heterocycles. The summed E-state index contributed by atoms with van der Waals surface area (Å²) >= 11 is 8.09. The standard InChI is InChI=1S/C11H15ClS/c1-8-9(6-7-13-8)4-5-11(12)10-2-3-10/h6-7,10-11H,2-5H2,1H3. The van der Waals surface area contributed by atoms with Gasteiger partial charge in [-0.2, -0.15) is 0 Å². The Hall–Kier alpha value is -0.0100. The highest BCUT2D eigenvalue weighted by atomic mass is 35.5. The van der Waals surface area contributed by atoms with E-state index in [2.05, 4.69) is 18.4 Å². The molecule has 0 aromatic carbocycles. The third kappa shape index (κ3) is 2.47. The lowest BCUT2D eigenvalue weighted by atomic mass is 10.1. The second kappa shape index (κ2) is 4.02. The Morgan fingerprint density at radius 3 is 2.92 bits per heavy atom. The monoisotopic (exact) mass is 214 g/mol. The maximum absolute atomic E-state index is 6.25. The predicted octanol–water partition coefficient (Wildman–Crippen LogP) is 4.01. The zero-order chi connectivity index (χ0) is 9.26. The van der Waals surface area contributed by atoms with E-state index in [1.54, 1.807) is 0 Å². The van der Waals surface area contributed by atoms with Gasteiger partial charge in [0, 0.05) is 10.3 Å². The molecule has 1 aromatic rings. The fraction of sp³-hybridized carbons (Fsp3) is 0.636. The van der Waals surface area contributed by atoms with Crippen molar-refractivity contribution in [2.45, 2.75) is 38.0 Å². The van der Waals surface area contributed by atoms with Crippen LogP contribution in [0.2, 0.25) is 0 Å². The molecule has 2 rings (SSSR count). The summed E-state index contributed by atoms with van der Waals surface area (Å²) in [5.74, 6) is 0.834. The molecule has 0 spiro atoms. The number of hydrogen-bond acceptors (Lipinski definition) is 1. The van der Waals surface area contributed by atoms with Crippen molar-refractivity contribution in [3.63, 3.8) is 0 Å². The molecule has 1 unspecified atom stereocenters. The Bertz CT molecular complexity index is 275. The molecule has 0 amide bonds. The largest absolute Gasteiger partial charge is 0.149 e. The Balaban J connectivity index is 1.81. The molecule has 72 valence electrons. The van der Waals surface area contributed by atoms with E-state index in [0.29, 0.717) is 5.38 Å². The van der Waals surface area contributed by atoms with Crippen LogP contribution in [0.25, 0.3) is 0 Å². The Kier molecular flexibility index (Phi) is 2.95. The maximum atomic E-state index is 6.25. The van der Waals surface area contributed by atoms with Gasteiger partial charge in [-0.3, -0.25) is 0 Å². The second-order valence-corrected chi connectivity index (χ2v) is 5.57. The third-order valence-electron chi connectivity index (χ3n) is 2.79. The number of thiophene rings is 1. The molecular formula is C11H15ClS. The van der Waals surface area contributed by atoms with E-state index in [1.165, 1.54) is 29.7 Å². The highest BCUT2D eigenvalue weighted by molar-refractivity contribution is 7.10. The van der Waals surface area contributed by atoms with Gasteiger partial charge < -0.3 is 0 Å². The molecule has 1 heterocycles. The summed E-state index contributed by atoms with van der Waals surface area (Å²) < 4.78 is 0. The van der Waals surface area contributed by atoms with Gasteiger partial charge in [-0.05, 0) is 55.5 Å². The molecule has 0 nitrogen and oxygen atoms in total. The van der Waals surface area contributed by atoms with E-state index < -0.39 is 0 Å². The fourth-order valence-corrected chi connectivity index (χ4v) is 2.78. The summed E-state index contributed by atoms with van der Waals surface area (Å²) in [5, 5.41) is 2.60. The zero-order valence-corrected chi connectivity index (χ0v) is 9.50. The van der Waals surface area contributed by atoms with Crippen LogP contribution in [0.15, 0.2) is 11.4 Å². The molecule has 1 atom stereocenters. The molecule has 1 aliphatic carbocycles. The minimum atomic E-state index is 0.430. The van der Waals surface area contributed by atoms with Crippen molar-refractivity contribution < 1.29 is 0 Å². The van der Waals surface area contributed by atoms with Crippen LogP contribution in [-0.2, 0) is 6.42 Å². The average Bonchev–Trinajstić information content (AvgIpc) is 2.88. The highest BCUT2D eigenvalue weighted by Gasteiger charge is 2.29. The van der Waals surface area contributed by atoms with Crippen LogP contribution in [0.4, 0.5) is 0 Å². The van der Waals surface area contributed by atoms with Gasteiger partial charge in [0.1, 0.15) is 0 Å². The van der Waals surface area contributed by atoms with E-state index in [1.807, 2.05) is 11.3 Å². The van der Waals surface area contributed by atoms with Gasteiger partial charge in [-0.1, -0.05) is 0 Å². The van der Waals surface area contributed by atoms with E-state index >= 15 is 0 Å². The molecule has 0 aliphatic heterocycles. The lowest BCUT2D eigenvalue weighted by molar-refractivity contribution is 0.676. The first-order chi connectivity index (χ1) is 6.27. The van der Waals surface area contributed by atoms with E-state index in [-0.39, 0.29) is 0 Å². The van der Waals surface area contributed by atoms with Crippen LogP contribution in [0.1, 0.15) is 29.7 Å². The molecule has 1 fully saturated rings. The summed E-state index contributed by atoms with van der Waals surface area (Å²) in [7, 11) is 0. The molecule has 2 heteroatoms. The van der Waals surface area contributed by atoms with Crippen LogP contribution >= 0.6 is 22.9 Å². The molecule has 1 saturated carbocycles. The zero-order valence-electron chi connectivity index (χ0n) is 7.92. The van der Waals surface area contributed by atoms with Gasteiger partial charge in [-0.15, -0.1) is 22.9 Å². The molecule has 1 aliphatic rings. The minimum absolute atomic E-state index is 0.430. The minimum Gasteiger partial charge on any atom is -0.149 e. The topological polar surface area (TPSA) is 0 Å². The predicted molar refractivity (Wildman–Crippen MR) is 59.7 cm³/mol. The summed E-state index contributed by atoms with van der Waals surface area (Å²) in [4.78, 5) is 1.46. The first-order valence-electron chi connectivity index (χ1n) is 4.94. The van der Waals surface area contributed by atoms with Crippen molar-refractivity contribution in [2.24, 2.45) is 5.92 Å². The van der Waals surface area contributed by atoms with Gasteiger partial charge >= 0.3 is 0 Å². The van der Waals surface area contributed by atoms with Gasteiger partial charge in [0.15, 0.2) is 0 Å². The Labute approximate surface area is 88.9 Å². The van der Waals surface area contributed by atoms with Gasteiger partial charge in [-0.25, -0.2) is 0 Å². The quantitative estimate of drug-likeness (QED) is 0.665. The first kappa shape index (κ1) is 9.54. The van der Waals surface area contributed by atoms with Gasteiger partial charge in [0.2, 0.25) is 0 Å². The van der Waals surface area contributed by atoms with Gasteiger partial charge in [0.05, 0.1) is 0 Å². The Morgan fingerprint density at radius 1 is 1.62 bits per heavy atom. The Morgan fingerprint density at radius 2 is 2.38 bits per heavy atom. The first-order valence-corrected chi connectivity index (χ1v) is 6.26. The normalized spacial score (nSPS) is 18.9. The SMILES string of the molecule is Cc1sccc1CCC(Cl)C1CC1. The summed E-state index contributed by atoms with van der Waals surface area (Å²) in [6.45, 7) is 2.19. The smallest absolute Gasteiger partial charge is 0.0367 e. The number of hydrogen-bond donors (Lipinski definition) is 0. The average molecular weight is 215 g/mol. The highest BCUT2D eigenvalue weighted by Crippen LogP contribution is 2.37. The molecule has 1 aromatic heterocycles. The van der Waals surface area contributed by atoms with Crippen molar-refractivity contribution in [3.05, 3.63) is 21.9 Å². The molecular weight excluding hydrogens is 200 g/mol. The van der Waals surface area contributed by atoms with Crippen LogP contribution in [0.5, 0.6) is 0 Å². The number of alkyl halides is 1. The fourth-order valence-electron chi connectivity index (χ4n) is 1.66. The van der Waals surface area contributed by atoms with Crippen molar-refractivity contribution in [3.8, 4) is 0 Å². The number of rotatable bonds is 4. The molecule has 0 radical (unpaired) electrons. The van der Waals surface area contributed by atoms with E-state index in [4.69, 9.17) is 11.6 Å². The maximum Gasteiger partial charge on any atom is 0.0367 e. The summed E-state index contributed by atoms with van der Waals surface area (Å²) in [5.41, 5.74) is 1.50. The van der Waals surface area contributed by atoms with Crippen molar-refractivity contribution in [1.29, 1.82) is 0 Å². The van der Waals surface area contributed by atoms with Crippen LogP contribution < -0.4 is 0 Å². The van der Waals surface area contributed by atoms with Crippen LogP contribution in [0.3, 0.4) is 0 Å². The molecule has 0 N–H and O–H groups in total. The second-order valence-electron chi connectivity index (χ2n) is 3.89. The lowest BCUT2D eigenvalue weighted by Crippen LogP contribution is -2.02. The van der Waals surface area contributed by atoms with E-state index in [9.17, 15) is 0 Å². The van der Waals surface area contributed by atoms with Gasteiger partial charge in [0.25, 0.3) is 0 Å². The number of halogens is 1. The van der Waals surface area contributed by atoms with Crippen molar-refractivity contribution in [2.75, 3.05) is 0 Å². The van der Waals surface area contributed by atoms with Crippen LogP contribution in [0, 0.1) is 12.8 Å². The van der Waals surface area contributed by atoms with Crippen LogP contribution in [-0.4, -0.2) is 5.38 Å². The molecule has 0 bridgehead atoms. The molecule has 13 heavy (non-hydrogen) atoms. The summed E-state index contributed by atoms with van der Waals surface area (Å²) in [6, 6.07) is 2.23. The lowest BCUT2D eigenvalue weighted by Gasteiger charge is -2.06. The van der Waals surface area contributed by atoms with Crippen molar-refractivity contribution in [1.82, 2.24) is 0 Å². The van der Waals surface area contributed by atoms with Crippen molar-refractivity contribution >= 4 is 22.9 Å². The number of aryl methyl sites for hydroxylation is 2. The van der Waals surface area contributed by atoms with E-state index in [0.717, 1.165) is 12.3 Å².